The summed E-state index contributed by atoms with van der Waals surface area (Å²) < 4.78 is 5.34. The Balaban J connectivity index is 1.23. The van der Waals surface area contributed by atoms with Crippen molar-refractivity contribution in [2.24, 2.45) is 5.10 Å². The number of carboxylic acids is 1. The molecule has 0 bridgehead atoms. The van der Waals surface area contributed by atoms with Crippen LogP contribution in [0.15, 0.2) is 29.4 Å². The molecular weight excluding hydrogens is 398 g/mol. The number of benzene rings is 1. The van der Waals surface area contributed by atoms with E-state index in [4.69, 9.17) is 14.7 Å². The molecule has 0 radical (unpaired) electrons. The third-order valence-corrected chi connectivity index (χ3v) is 6.07. The third-order valence-electron chi connectivity index (χ3n) is 6.07. The average Bonchev–Trinajstić information content (AvgIpc) is 3.14. The highest BCUT2D eigenvalue weighted by molar-refractivity contribution is 5.79. The number of ether oxygens (including phenoxy) is 1. The fourth-order valence-electron chi connectivity index (χ4n) is 4.33. The number of hydrazone groups is 1. The second-order valence-corrected chi connectivity index (χ2v) is 8.45. The van der Waals surface area contributed by atoms with Gasteiger partial charge in [-0.3, -0.25) is 24.4 Å². The number of hydrogen-bond acceptors (Lipinski definition) is 8. The Morgan fingerprint density at radius 3 is 2.61 bits per heavy atom. The minimum atomic E-state index is -0.752. The summed E-state index contributed by atoms with van der Waals surface area (Å²) in [5.41, 5.74) is 5.50. The molecule has 1 aromatic rings. The van der Waals surface area contributed by atoms with Gasteiger partial charge in [-0.2, -0.15) is 10.6 Å². The van der Waals surface area contributed by atoms with E-state index in [1.165, 1.54) is 5.56 Å². The molecular formula is C22H33N5O4. The molecule has 3 saturated heterocycles. The van der Waals surface area contributed by atoms with Crippen LogP contribution in [0.4, 0.5) is 0 Å². The van der Waals surface area contributed by atoms with E-state index in [2.05, 4.69) is 39.7 Å². The minimum absolute atomic E-state index is 0.130. The Bertz CT molecular complexity index is 738. The molecule has 9 nitrogen and oxygen atoms in total. The van der Waals surface area contributed by atoms with E-state index < -0.39 is 5.97 Å². The van der Waals surface area contributed by atoms with Crippen molar-refractivity contribution in [3.05, 3.63) is 35.4 Å². The molecule has 0 spiro atoms. The van der Waals surface area contributed by atoms with Gasteiger partial charge >= 0.3 is 5.97 Å². The van der Waals surface area contributed by atoms with Crippen LogP contribution < -0.4 is 5.48 Å². The number of carboxylic acid groups (broad SMARTS) is 1. The summed E-state index contributed by atoms with van der Waals surface area (Å²) in [6.07, 6.45) is 3.96. The van der Waals surface area contributed by atoms with Gasteiger partial charge in [-0.1, -0.05) is 24.3 Å². The van der Waals surface area contributed by atoms with E-state index in [-0.39, 0.29) is 18.7 Å². The Kier molecular flexibility index (Phi) is 7.87. The normalized spacial score (nSPS) is 26.4. The highest BCUT2D eigenvalue weighted by atomic mass is 16.7. The largest absolute Gasteiger partial charge is 0.480 e. The number of nitrogens with one attached hydrogen (secondary N) is 1. The van der Waals surface area contributed by atoms with Crippen molar-refractivity contribution in [3.8, 4) is 0 Å². The van der Waals surface area contributed by atoms with Crippen LogP contribution in [-0.2, 0) is 14.4 Å². The van der Waals surface area contributed by atoms with Gasteiger partial charge in [0.25, 0.3) is 0 Å². The molecule has 1 aromatic carbocycles. The van der Waals surface area contributed by atoms with Crippen LogP contribution in [0.5, 0.6) is 0 Å². The standard InChI is InChI=1S/C22H33N5O4/c28-22(29)17-26-7-1-6-25(8-9-26)16-20-14-21(24-31-20)19-4-2-18(3-5-19)15-23-27-10-12-30-13-11-27/h2-5,15,20-21,24H,1,6-14,16-17H2,(H,28,29). The number of carbonyl (C=O) groups is 1. The van der Waals surface area contributed by atoms with Gasteiger partial charge in [-0.05, 0) is 30.5 Å². The van der Waals surface area contributed by atoms with Gasteiger partial charge in [0.1, 0.15) is 0 Å². The van der Waals surface area contributed by atoms with Crippen LogP contribution in [0, 0.1) is 0 Å². The number of morpholine rings is 1. The minimum Gasteiger partial charge on any atom is -0.480 e. The molecule has 0 amide bonds. The monoisotopic (exact) mass is 431 g/mol. The lowest BCUT2D eigenvalue weighted by molar-refractivity contribution is -0.138. The molecule has 2 atom stereocenters. The van der Waals surface area contributed by atoms with Crippen molar-refractivity contribution in [2.45, 2.75) is 25.0 Å². The molecule has 0 aliphatic carbocycles. The van der Waals surface area contributed by atoms with Crippen molar-refractivity contribution >= 4 is 12.2 Å². The maximum Gasteiger partial charge on any atom is 0.317 e. The molecule has 2 N–H and O–H groups in total. The summed E-state index contributed by atoms with van der Waals surface area (Å²) in [6, 6.07) is 8.66. The van der Waals surface area contributed by atoms with Gasteiger partial charge in [-0.25, -0.2) is 0 Å². The van der Waals surface area contributed by atoms with Gasteiger partial charge in [0.15, 0.2) is 0 Å². The van der Waals surface area contributed by atoms with Crippen LogP contribution in [0.25, 0.3) is 0 Å². The van der Waals surface area contributed by atoms with E-state index >= 15 is 0 Å². The lowest BCUT2D eigenvalue weighted by Gasteiger charge is -2.23. The fourth-order valence-corrected chi connectivity index (χ4v) is 4.33. The first kappa shape index (κ1) is 22.2. The molecule has 3 fully saturated rings. The summed E-state index contributed by atoms with van der Waals surface area (Å²) >= 11 is 0. The molecule has 31 heavy (non-hydrogen) atoms. The fraction of sp³-hybridized carbons (Fsp3) is 0.636. The van der Waals surface area contributed by atoms with Crippen molar-refractivity contribution in [1.29, 1.82) is 0 Å². The summed E-state index contributed by atoms with van der Waals surface area (Å²) in [7, 11) is 0. The third kappa shape index (κ3) is 6.72. The number of aliphatic carboxylic acids is 1. The lowest BCUT2D eigenvalue weighted by atomic mass is 10.0. The molecule has 0 aromatic heterocycles. The van der Waals surface area contributed by atoms with Gasteiger partial charge in [0, 0.05) is 26.2 Å². The second-order valence-electron chi connectivity index (χ2n) is 8.45. The maximum absolute atomic E-state index is 10.9. The van der Waals surface area contributed by atoms with E-state index in [1.54, 1.807) is 0 Å². The van der Waals surface area contributed by atoms with Crippen molar-refractivity contribution in [3.63, 3.8) is 0 Å². The first-order valence-electron chi connectivity index (χ1n) is 11.2. The molecule has 9 heteroatoms. The van der Waals surface area contributed by atoms with E-state index in [0.29, 0.717) is 0 Å². The number of hydrogen-bond donors (Lipinski definition) is 2. The zero-order valence-corrected chi connectivity index (χ0v) is 18.0. The van der Waals surface area contributed by atoms with Crippen LogP contribution >= 0.6 is 0 Å². The zero-order valence-electron chi connectivity index (χ0n) is 18.0. The van der Waals surface area contributed by atoms with Gasteiger partial charge < -0.3 is 9.84 Å². The predicted molar refractivity (Wildman–Crippen MR) is 117 cm³/mol. The van der Waals surface area contributed by atoms with Crippen LogP contribution in [0.2, 0.25) is 0 Å². The molecule has 3 heterocycles. The van der Waals surface area contributed by atoms with Gasteiger partial charge in [0.2, 0.25) is 0 Å². The van der Waals surface area contributed by atoms with Crippen molar-refractivity contribution in [1.82, 2.24) is 20.3 Å². The number of rotatable bonds is 7. The Labute approximate surface area is 183 Å². The van der Waals surface area contributed by atoms with E-state index in [1.807, 2.05) is 16.1 Å². The lowest BCUT2D eigenvalue weighted by Crippen LogP contribution is -2.37. The average molecular weight is 432 g/mol. The summed E-state index contributed by atoms with van der Waals surface area (Å²) in [4.78, 5) is 21.2. The first-order valence-corrected chi connectivity index (χ1v) is 11.2. The quantitative estimate of drug-likeness (QED) is 0.613. The van der Waals surface area contributed by atoms with Crippen LogP contribution in [0.3, 0.4) is 0 Å². The summed E-state index contributed by atoms with van der Waals surface area (Å²) in [6.45, 7) is 7.67. The smallest absolute Gasteiger partial charge is 0.317 e. The van der Waals surface area contributed by atoms with Crippen LogP contribution in [-0.4, -0.2) is 104 Å². The summed E-state index contributed by atoms with van der Waals surface area (Å²) in [5, 5.41) is 15.6. The molecule has 0 saturated carbocycles. The van der Waals surface area contributed by atoms with Crippen LogP contribution in [0.1, 0.15) is 30.0 Å². The molecule has 3 aliphatic heterocycles. The molecule has 2 unspecified atom stereocenters. The highest BCUT2D eigenvalue weighted by Crippen LogP contribution is 2.26. The Hall–Kier alpha value is -2.04. The predicted octanol–water partition coefficient (Wildman–Crippen LogP) is 0.780. The topological polar surface area (TPSA) is 89.9 Å². The maximum atomic E-state index is 10.9. The molecule has 4 rings (SSSR count). The van der Waals surface area contributed by atoms with E-state index in [0.717, 1.165) is 77.4 Å². The Morgan fingerprint density at radius 1 is 1.10 bits per heavy atom. The second kappa shape index (κ2) is 11.0. The number of hydroxylamine groups is 1. The SMILES string of the molecule is O=C(O)CN1CCCN(CC2CC(c3ccc(C=NN4CCOCC4)cc3)NO2)CC1. The highest BCUT2D eigenvalue weighted by Gasteiger charge is 2.29. The molecule has 170 valence electrons. The molecule has 3 aliphatic rings. The summed E-state index contributed by atoms with van der Waals surface area (Å²) in [5.74, 6) is -0.752. The Morgan fingerprint density at radius 2 is 1.84 bits per heavy atom. The number of nitrogens with zero attached hydrogens (tertiary/aromatic N) is 4. The van der Waals surface area contributed by atoms with Gasteiger partial charge in [0.05, 0.1) is 51.2 Å². The van der Waals surface area contributed by atoms with Crippen molar-refractivity contribution in [2.75, 3.05) is 65.6 Å². The van der Waals surface area contributed by atoms with E-state index in [9.17, 15) is 4.79 Å². The zero-order chi connectivity index (χ0) is 21.5. The first-order chi connectivity index (χ1) is 15.2. The van der Waals surface area contributed by atoms with Crippen molar-refractivity contribution < 1.29 is 19.5 Å². The van der Waals surface area contributed by atoms with Gasteiger partial charge in [-0.15, -0.1) is 0 Å².